The number of imide groups is 1. The highest BCUT2D eigenvalue weighted by Crippen LogP contribution is 2.35. The molecule has 9 heteroatoms. The number of carbonyl (C=O) groups is 3. The van der Waals surface area contributed by atoms with E-state index in [0.29, 0.717) is 22.0 Å². The third-order valence-corrected chi connectivity index (χ3v) is 7.85. The topological polar surface area (TPSA) is 94.2 Å². The van der Waals surface area contributed by atoms with Gasteiger partial charge in [-0.05, 0) is 83.1 Å². The van der Waals surface area contributed by atoms with Gasteiger partial charge in [-0.2, -0.15) is 0 Å². The summed E-state index contributed by atoms with van der Waals surface area (Å²) >= 11 is 0.887. The Morgan fingerprint density at radius 1 is 0.907 bits per heavy atom. The number of benzene rings is 3. The average molecular weight is 603 g/mol. The number of ether oxygens (including phenoxy) is 3. The standard InChI is InChI=1S/C34H38N2O6S/c1-21(2)25-9-7-8-10-27(25)35-32(37)20-42-28-14-12-24(18-30(28)40-6)19-31-33(38)36(34(39)43-31)15-16-41-29-17-23(5)11-13-26(29)22(3)4/h7-14,17-19,21-22H,15-16,20H2,1-6H3,(H,35,37)/b31-19-. The number of hydrogen-bond donors (Lipinski definition) is 1. The SMILES string of the molecule is COc1cc(/C=C2\SC(=O)N(CCOc3cc(C)ccc3C(C)C)C2=O)ccc1OCC(=O)Nc1ccccc1C(C)C. The van der Waals surface area contributed by atoms with E-state index in [-0.39, 0.29) is 48.6 Å². The summed E-state index contributed by atoms with van der Waals surface area (Å²) in [5.41, 5.74) is 4.61. The van der Waals surface area contributed by atoms with Crippen LogP contribution in [0.15, 0.2) is 65.6 Å². The quantitative estimate of drug-likeness (QED) is 0.216. The van der Waals surface area contributed by atoms with Crippen LogP contribution in [0.25, 0.3) is 6.08 Å². The molecule has 0 aliphatic carbocycles. The van der Waals surface area contributed by atoms with E-state index in [2.05, 4.69) is 33.0 Å². The Morgan fingerprint density at radius 2 is 1.65 bits per heavy atom. The number of aryl methyl sites for hydroxylation is 1. The van der Waals surface area contributed by atoms with Gasteiger partial charge in [0.25, 0.3) is 17.1 Å². The minimum Gasteiger partial charge on any atom is -0.493 e. The number of para-hydroxylation sites is 1. The minimum absolute atomic E-state index is 0.146. The van der Waals surface area contributed by atoms with E-state index in [4.69, 9.17) is 14.2 Å². The highest BCUT2D eigenvalue weighted by Gasteiger charge is 2.35. The van der Waals surface area contributed by atoms with E-state index in [1.807, 2.05) is 49.4 Å². The molecule has 43 heavy (non-hydrogen) atoms. The van der Waals surface area contributed by atoms with E-state index in [1.54, 1.807) is 24.3 Å². The summed E-state index contributed by atoms with van der Waals surface area (Å²) in [4.78, 5) is 39.8. The lowest BCUT2D eigenvalue weighted by Crippen LogP contribution is -2.32. The fraction of sp³-hybridized carbons (Fsp3) is 0.324. The highest BCUT2D eigenvalue weighted by atomic mass is 32.2. The summed E-state index contributed by atoms with van der Waals surface area (Å²) in [5, 5.41) is 2.56. The van der Waals surface area contributed by atoms with Crippen LogP contribution in [0, 0.1) is 6.92 Å². The predicted molar refractivity (Wildman–Crippen MR) is 171 cm³/mol. The van der Waals surface area contributed by atoms with Gasteiger partial charge in [0.1, 0.15) is 12.4 Å². The molecule has 3 amide bonds. The number of methoxy groups -OCH3 is 1. The molecule has 1 aliphatic heterocycles. The van der Waals surface area contributed by atoms with Gasteiger partial charge in [-0.1, -0.05) is 64.1 Å². The minimum atomic E-state index is -0.371. The van der Waals surface area contributed by atoms with Crippen LogP contribution in [0.3, 0.4) is 0 Å². The summed E-state index contributed by atoms with van der Waals surface area (Å²) in [6.45, 7) is 10.5. The van der Waals surface area contributed by atoms with Crippen molar-refractivity contribution < 1.29 is 28.6 Å². The first kappa shape index (κ1) is 31.7. The van der Waals surface area contributed by atoms with E-state index >= 15 is 0 Å². The lowest BCUT2D eigenvalue weighted by molar-refractivity contribution is -0.123. The van der Waals surface area contributed by atoms with Crippen molar-refractivity contribution in [3.05, 3.63) is 87.8 Å². The molecule has 0 aromatic heterocycles. The van der Waals surface area contributed by atoms with Gasteiger partial charge in [0.05, 0.1) is 18.6 Å². The smallest absolute Gasteiger partial charge is 0.293 e. The van der Waals surface area contributed by atoms with Crippen molar-refractivity contribution in [1.29, 1.82) is 0 Å². The highest BCUT2D eigenvalue weighted by molar-refractivity contribution is 8.18. The van der Waals surface area contributed by atoms with Gasteiger partial charge in [0.2, 0.25) is 0 Å². The van der Waals surface area contributed by atoms with Crippen molar-refractivity contribution in [2.75, 3.05) is 32.2 Å². The molecule has 8 nitrogen and oxygen atoms in total. The fourth-order valence-corrected chi connectivity index (χ4v) is 5.54. The summed E-state index contributed by atoms with van der Waals surface area (Å²) in [6, 6.07) is 18.8. The van der Waals surface area contributed by atoms with Crippen LogP contribution in [0.4, 0.5) is 10.5 Å². The molecule has 0 unspecified atom stereocenters. The molecule has 226 valence electrons. The first-order valence-electron chi connectivity index (χ1n) is 14.3. The van der Waals surface area contributed by atoms with Crippen molar-refractivity contribution >= 4 is 40.6 Å². The largest absolute Gasteiger partial charge is 0.493 e. The number of nitrogens with zero attached hydrogens (tertiary/aromatic N) is 1. The first-order chi connectivity index (χ1) is 20.6. The molecule has 0 saturated carbocycles. The first-order valence-corrected chi connectivity index (χ1v) is 15.1. The number of hydrogen-bond acceptors (Lipinski definition) is 7. The monoisotopic (exact) mass is 602 g/mol. The number of thioether (sulfide) groups is 1. The Kier molecular flexibility index (Phi) is 10.5. The Balaban J connectivity index is 1.37. The lowest BCUT2D eigenvalue weighted by Gasteiger charge is -2.17. The van der Waals surface area contributed by atoms with Crippen molar-refractivity contribution in [3.63, 3.8) is 0 Å². The van der Waals surface area contributed by atoms with Crippen LogP contribution >= 0.6 is 11.8 Å². The van der Waals surface area contributed by atoms with Gasteiger partial charge >= 0.3 is 0 Å². The van der Waals surface area contributed by atoms with Crippen molar-refractivity contribution in [1.82, 2.24) is 4.90 Å². The van der Waals surface area contributed by atoms with Crippen LogP contribution in [-0.4, -0.2) is 48.8 Å². The van der Waals surface area contributed by atoms with E-state index in [0.717, 1.165) is 39.9 Å². The van der Waals surface area contributed by atoms with Gasteiger partial charge < -0.3 is 19.5 Å². The number of carbonyl (C=O) groups excluding carboxylic acids is 3. The summed E-state index contributed by atoms with van der Waals surface area (Å²) in [6.07, 6.45) is 1.64. The number of rotatable bonds is 12. The summed E-state index contributed by atoms with van der Waals surface area (Å²) < 4.78 is 17.2. The molecule has 0 radical (unpaired) electrons. The Hall–Kier alpha value is -4.24. The molecule has 3 aromatic rings. The maximum Gasteiger partial charge on any atom is 0.293 e. The molecule has 1 saturated heterocycles. The van der Waals surface area contributed by atoms with Crippen molar-refractivity contribution in [3.8, 4) is 17.2 Å². The second-order valence-electron chi connectivity index (χ2n) is 10.9. The molecule has 1 fully saturated rings. The Bertz CT molecular complexity index is 1530. The molecule has 0 atom stereocenters. The lowest BCUT2D eigenvalue weighted by atomic mass is 10.0. The third-order valence-electron chi connectivity index (χ3n) is 6.94. The van der Waals surface area contributed by atoms with Crippen LogP contribution in [0.2, 0.25) is 0 Å². The third kappa shape index (κ3) is 7.99. The molecule has 0 bridgehead atoms. The zero-order valence-corrected chi connectivity index (χ0v) is 26.2. The van der Waals surface area contributed by atoms with E-state index in [9.17, 15) is 14.4 Å². The second kappa shape index (κ2) is 14.3. The number of anilines is 1. The normalized spacial score (nSPS) is 14.1. The molecule has 0 spiro atoms. The number of amides is 3. The Labute approximate surface area is 257 Å². The second-order valence-corrected chi connectivity index (χ2v) is 11.9. The van der Waals surface area contributed by atoms with Gasteiger partial charge in [-0.3, -0.25) is 19.3 Å². The van der Waals surface area contributed by atoms with Crippen molar-refractivity contribution in [2.24, 2.45) is 0 Å². The molecule has 1 N–H and O–H groups in total. The number of nitrogens with one attached hydrogen (secondary N) is 1. The van der Waals surface area contributed by atoms with Crippen LogP contribution < -0.4 is 19.5 Å². The zero-order chi connectivity index (χ0) is 31.1. The average Bonchev–Trinajstić information content (AvgIpc) is 3.23. The maximum absolute atomic E-state index is 13.1. The molecule has 3 aromatic carbocycles. The van der Waals surface area contributed by atoms with Crippen LogP contribution in [0.1, 0.15) is 61.8 Å². The molecular weight excluding hydrogens is 564 g/mol. The Morgan fingerprint density at radius 3 is 2.37 bits per heavy atom. The molecule has 1 heterocycles. The van der Waals surface area contributed by atoms with E-state index in [1.165, 1.54) is 12.0 Å². The van der Waals surface area contributed by atoms with Gasteiger partial charge in [-0.15, -0.1) is 0 Å². The van der Waals surface area contributed by atoms with Crippen LogP contribution in [-0.2, 0) is 9.59 Å². The van der Waals surface area contributed by atoms with Gasteiger partial charge in [-0.25, -0.2) is 0 Å². The van der Waals surface area contributed by atoms with Gasteiger partial charge in [0.15, 0.2) is 18.1 Å². The molecule has 1 aliphatic rings. The predicted octanol–water partition coefficient (Wildman–Crippen LogP) is 7.38. The zero-order valence-electron chi connectivity index (χ0n) is 25.4. The van der Waals surface area contributed by atoms with Crippen LogP contribution in [0.5, 0.6) is 17.2 Å². The molecule has 4 rings (SSSR count). The van der Waals surface area contributed by atoms with E-state index < -0.39 is 0 Å². The van der Waals surface area contributed by atoms with Crippen molar-refractivity contribution in [2.45, 2.75) is 46.5 Å². The fourth-order valence-electron chi connectivity index (χ4n) is 4.67. The molecular formula is C34H38N2O6S. The summed E-state index contributed by atoms with van der Waals surface area (Å²) in [7, 11) is 1.50. The summed E-state index contributed by atoms with van der Waals surface area (Å²) in [5.74, 6) is 1.43. The maximum atomic E-state index is 13.1. The van der Waals surface area contributed by atoms with Gasteiger partial charge in [0, 0.05) is 5.69 Å².